The summed E-state index contributed by atoms with van der Waals surface area (Å²) >= 11 is 6.23. The maximum absolute atomic E-state index is 12.3. The highest BCUT2D eigenvalue weighted by molar-refractivity contribution is 6.32. The molecular formula is C19H21ClN2O4. The van der Waals surface area contributed by atoms with E-state index in [0.717, 1.165) is 5.56 Å². The Morgan fingerprint density at radius 2 is 1.85 bits per heavy atom. The summed E-state index contributed by atoms with van der Waals surface area (Å²) in [4.78, 5) is 23.3. The van der Waals surface area contributed by atoms with Crippen LogP contribution in [-0.2, 0) is 11.3 Å². The smallest absolute Gasteiger partial charge is 0.251 e. The molecule has 0 unspecified atom stereocenters. The molecule has 0 radical (unpaired) electrons. The van der Waals surface area contributed by atoms with Crippen molar-refractivity contribution in [1.82, 2.24) is 5.32 Å². The molecule has 7 heteroatoms. The second-order valence-corrected chi connectivity index (χ2v) is 5.89. The molecule has 6 nitrogen and oxygen atoms in total. The third kappa shape index (κ3) is 5.13. The van der Waals surface area contributed by atoms with Crippen molar-refractivity contribution in [1.29, 1.82) is 0 Å². The summed E-state index contributed by atoms with van der Waals surface area (Å²) in [6.45, 7) is 4.05. The number of amides is 2. The number of halogens is 1. The number of methoxy groups -OCH3 is 1. The number of hydrogen-bond acceptors (Lipinski definition) is 4. The molecule has 0 atom stereocenters. The van der Waals surface area contributed by atoms with E-state index < -0.39 is 0 Å². The number of anilines is 1. The van der Waals surface area contributed by atoms with E-state index >= 15 is 0 Å². The summed E-state index contributed by atoms with van der Waals surface area (Å²) in [6.07, 6.45) is 0. The molecule has 0 aromatic heterocycles. The Morgan fingerprint density at radius 1 is 1.15 bits per heavy atom. The first kappa shape index (κ1) is 19.6. The van der Waals surface area contributed by atoms with Gasteiger partial charge in [-0.25, -0.2) is 0 Å². The lowest BCUT2D eigenvalue weighted by Gasteiger charge is -2.13. The maximum Gasteiger partial charge on any atom is 0.251 e. The third-order valence-electron chi connectivity index (χ3n) is 3.50. The Morgan fingerprint density at radius 3 is 2.42 bits per heavy atom. The summed E-state index contributed by atoms with van der Waals surface area (Å²) in [6, 6.07) is 10.1. The van der Waals surface area contributed by atoms with Crippen LogP contribution in [0.1, 0.15) is 29.8 Å². The average molecular weight is 377 g/mol. The van der Waals surface area contributed by atoms with E-state index in [2.05, 4.69) is 10.6 Å². The van der Waals surface area contributed by atoms with Gasteiger partial charge in [0.1, 0.15) is 0 Å². The minimum Gasteiger partial charge on any atom is -0.493 e. The molecule has 2 rings (SSSR count). The van der Waals surface area contributed by atoms with Crippen LogP contribution >= 0.6 is 11.6 Å². The number of rotatable bonds is 7. The first-order valence-electron chi connectivity index (χ1n) is 8.09. The van der Waals surface area contributed by atoms with Gasteiger partial charge in [0.2, 0.25) is 5.91 Å². The fourth-order valence-corrected chi connectivity index (χ4v) is 2.64. The molecule has 0 fully saturated rings. The van der Waals surface area contributed by atoms with Gasteiger partial charge in [0.25, 0.3) is 5.91 Å². The number of nitrogens with one attached hydrogen (secondary N) is 2. The monoisotopic (exact) mass is 376 g/mol. The van der Waals surface area contributed by atoms with Crippen molar-refractivity contribution in [2.24, 2.45) is 0 Å². The second-order valence-electron chi connectivity index (χ2n) is 5.48. The lowest BCUT2D eigenvalue weighted by Crippen LogP contribution is -2.22. The number of hydrogen-bond donors (Lipinski definition) is 2. The van der Waals surface area contributed by atoms with Crippen molar-refractivity contribution < 1.29 is 19.1 Å². The number of carbonyl (C=O) groups is 2. The molecule has 0 saturated carbocycles. The first-order valence-corrected chi connectivity index (χ1v) is 8.47. The van der Waals surface area contributed by atoms with Crippen LogP contribution in [0.15, 0.2) is 36.4 Å². The largest absolute Gasteiger partial charge is 0.493 e. The normalized spacial score (nSPS) is 10.2. The average Bonchev–Trinajstić information content (AvgIpc) is 2.61. The zero-order chi connectivity index (χ0) is 19.1. The lowest BCUT2D eigenvalue weighted by molar-refractivity contribution is -0.114. The van der Waals surface area contributed by atoms with Crippen molar-refractivity contribution in [2.75, 3.05) is 19.0 Å². The van der Waals surface area contributed by atoms with Crippen LogP contribution < -0.4 is 20.1 Å². The van der Waals surface area contributed by atoms with Gasteiger partial charge in [-0.1, -0.05) is 11.6 Å². The topological polar surface area (TPSA) is 76.7 Å². The molecule has 0 bridgehead atoms. The number of ether oxygens (including phenoxy) is 2. The quantitative estimate of drug-likeness (QED) is 0.773. The second kappa shape index (κ2) is 9.10. The predicted octanol–water partition coefficient (Wildman–Crippen LogP) is 3.64. The van der Waals surface area contributed by atoms with Gasteiger partial charge in [0.05, 0.1) is 18.7 Å². The van der Waals surface area contributed by atoms with Crippen LogP contribution in [-0.4, -0.2) is 25.5 Å². The van der Waals surface area contributed by atoms with Gasteiger partial charge >= 0.3 is 0 Å². The molecule has 2 aromatic rings. The van der Waals surface area contributed by atoms with Gasteiger partial charge in [-0.3, -0.25) is 9.59 Å². The van der Waals surface area contributed by atoms with Gasteiger partial charge in [0, 0.05) is 24.7 Å². The maximum atomic E-state index is 12.3. The zero-order valence-electron chi connectivity index (χ0n) is 14.9. The molecule has 0 aliphatic carbocycles. The molecule has 2 aromatic carbocycles. The molecule has 0 heterocycles. The molecule has 0 aliphatic rings. The molecule has 2 N–H and O–H groups in total. The van der Waals surface area contributed by atoms with Crippen molar-refractivity contribution in [3.05, 3.63) is 52.5 Å². The fourth-order valence-electron chi connectivity index (χ4n) is 2.35. The molecular weight excluding hydrogens is 356 g/mol. The van der Waals surface area contributed by atoms with Crippen LogP contribution in [0.3, 0.4) is 0 Å². The van der Waals surface area contributed by atoms with E-state index in [4.69, 9.17) is 21.1 Å². The standard InChI is InChI=1S/C19H21ClN2O4/c1-4-26-18-16(20)9-13(10-17(18)25-3)11-21-19(24)14-5-7-15(8-6-14)22-12(2)23/h5-10H,4,11H2,1-3H3,(H,21,24)(H,22,23). The van der Waals surface area contributed by atoms with Crippen molar-refractivity contribution in [2.45, 2.75) is 20.4 Å². The van der Waals surface area contributed by atoms with Gasteiger partial charge in [0.15, 0.2) is 11.5 Å². The highest BCUT2D eigenvalue weighted by Gasteiger charge is 2.13. The summed E-state index contributed by atoms with van der Waals surface area (Å²) in [5, 5.41) is 5.90. The van der Waals surface area contributed by atoms with Crippen LogP contribution in [0.25, 0.3) is 0 Å². The summed E-state index contributed by atoms with van der Waals surface area (Å²) in [5.74, 6) is 0.607. The van der Waals surface area contributed by atoms with Gasteiger partial charge in [-0.05, 0) is 48.9 Å². The van der Waals surface area contributed by atoms with Gasteiger partial charge in [-0.15, -0.1) is 0 Å². The van der Waals surface area contributed by atoms with Gasteiger partial charge < -0.3 is 20.1 Å². The predicted molar refractivity (Wildman–Crippen MR) is 101 cm³/mol. The third-order valence-corrected chi connectivity index (χ3v) is 3.78. The number of benzene rings is 2. The van der Waals surface area contributed by atoms with Crippen LogP contribution in [0.5, 0.6) is 11.5 Å². The molecule has 0 saturated heterocycles. The Balaban J connectivity index is 2.04. The Kier molecular flexibility index (Phi) is 6.86. The molecule has 0 aliphatic heterocycles. The summed E-state index contributed by atoms with van der Waals surface area (Å²) in [7, 11) is 1.53. The van der Waals surface area contributed by atoms with Crippen molar-refractivity contribution in [3.63, 3.8) is 0 Å². The van der Waals surface area contributed by atoms with E-state index in [9.17, 15) is 9.59 Å². The van der Waals surface area contributed by atoms with Crippen LogP contribution in [0.2, 0.25) is 5.02 Å². The first-order chi connectivity index (χ1) is 12.4. The summed E-state index contributed by atoms with van der Waals surface area (Å²) in [5.41, 5.74) is 1.92. The molecule has 26 heavy (non-hydrogen) atoms. The molecule has 2 amide bonds. The molecule has 138 valence electrons. The van der Waals surface area contributed by atoms with E-state index in [0.29, 0.717) is 34.4 Å². The Bertz CT molecular complexity index is 791. The minimum atomic E-state index is -0.233. The zero-order valence-corrected chi connectivity index (χ0v) is 15.6. The minimum absolute atomic E-state index is 0.163. The van der Waals surface area contributed by atoms with Crippen LogP contribution in [0, 0.1) is 0 Å². The van der Waals surface area contributed by atoms with Crippen molar-refractivity contribution >= 4 is 29.1 Å². The van der Waals surface area contributed by atoms with Gasteiger partial charge in [-0.2, -0.15) is 0 Å². The van der Waals surface area contributed by atoms with E-state index in [1.165, 1.54) is 14.0 Å². The highest BCUT2D eigenvalue weighted by Crippen LogP contribution is 2.36. The Labute approximate surface area is 157 Å². The van der Waals surface area contributed by atoms with E-state index in [1.807, 2.05) is 6.92 Å². The highest BCUT2D eigenvalue weighted by atomic mass is 35.5. The summed E-state index contributed by atoms with van der Waals surface area (Å²) < 4.78 is 10.8. The van der Waals surface area contributed by atoms with E-state index in [-0.39, 0.29) is 18.4 Å². The van der Waals surface area contributed by atoms with E-state index in [1.54, 1.807) is 36.4 Å². The molecule has 0 spiro atoms. The van der Waals surface area contributed by atoms with Crippen molar-refractivity contribution in [3.8, 4) is 11.5 Å². The number of carbonyl (C=O) groups excluding carboxylic acids is 2. The van der Waals surface area contributed by atoms with Crippen LogP contribution in [0.4, 0.5) is 5.69 Å². The fraction of sp³-hybridized carbons (Fsp3) is 0.263. The Hall–Kier alpha value is -2.73. The lowest BCUT2D eigenvalue weighted by atomic mass is 10.1. The SMILES string of the molecule is CCOc1c(Cl)cc(CNC(=O)c2ccc(NC(C)=O)cc2)cc1OC.